The van der Waals surface area contributed by atoms with E-state index < -0.39 is 0 Å². The lowest BCUT2D eigenvalue weighted by Crippen LogP contribution is -1.98. The molecule has 0 saturated carbocycles. The molecular weight excluding hydrogens is 155 g/mol. The monoisotopic (exact) mass is 166 g/mol. The highest BCUT2D eigenvalue weighted by atomic mass is 19.1. The number of carbonyl (C=O) groups excluding carboxylic acids is 1. The van der Waals surface area contributed by atoms with E-state index in [2.05, 4.69) is 0 Å². The molecule has 0 amide bonds. The van der Waals surface area contributed by atoms with Gasteiger partial charge in [-0.15, -0.1) is 0 Å². The smallest absolute Gasteiger partial charge is 0.127 e. The van der Waals surface area contributed by atoms with Crippen LogP contribution in [-0.2, 0) is 4.79 Å². The Kier molecular flexibility index (Phi) is 2.58. The van der Waals surface area contributed by atoms with E-state index in [0.29, 0.717) is 0 Å². The van der Waals surface area contributed by atoms with E-state index in [1.54, 1.807) is 13.0 Å². The van der Waals surface area contributed by atoms with Crippen LogP contribution in [0.1, 0.15) is 24.0 Å². The van der Waals surface area contributed by atoms with E-state index >= 15 is 0 Å². The van der Waals surface area contributed by atoms with E-state index in [4.69, 9.17) is 0 Å². The van der Waals surface area contributed by atoms with Crippen molar-refractivity contribution in [2.24, 2.45) is 0 Å². The summed E-state index contributed by atoms with van der Waals surface area (Å²) in [6.45, 7) is 3.63. The van der Waals surface area contributed by atoms with Crippen LogP contribution in [0.5, 0.6) is 0 Å². The molecule has 2 heteroatoms. The van der Waals surface area contributed by atoms with Crippen LogP contribution in [0.2, 0.25) is 0 Å². The van der Waals surface area contributed by atoms with Crippen molar-refractivity contribution in [2.45, 2.75) is 19.8 Å². The molecule has 0 aliphatic heterocycles. The number of hydrogen-bond donors (Lipinski definition) is 0. The van der Waals surface area contributed by atoms with Gasteiger partial charge in [-0.2, -0.15) is 0 Å². The number of rotatable bonds is 2. The third-order valence-electron chi connectivity index (χ3n) is 1.94. The van der Waals surface area contributed by atoms with E-state index in [1.165, 1.54) is 12.1 Å². The van der Waals surface area contributed by atoms with Gasteiger partial charge in [0.25, 0.3) is 0 Å². The first-order chi connectivity index (χ1) is 5.65. The zero-order chi connectivity index (χ0) is 9.14. The maximum Gasteiger partial charge on any atom is 0.127 e. The molecule has 1 nitrogen and oxygen atoms in total. The zero-order valence-corrected chi connectivity index (χ0v) is 7.17. The Morgan fingerprint density at radius 1 is 1.50 bits per heavy atom. The molecule has 1 rings (SSSR count). The summed E-state index contributed by atoms with van der Waals surface area (Å²) in [5, 5.41) is 0. The molecule has 1 aromatic carbocycles. The standard InChI is InChI=1S/C10H11FO/c1-7-3-4-9(11)5-10(7)8(2)6-12/h3-6,8H,1-2H3. The lowest BCUT2D eigenvalue weighted by Gasteiger charge is -2.07. The second kappa shape index (κ2) is 3.48. The largest absolute Gasteiger partial charge is 0.303 e. The van der Waals surface area contributed by atoms with Crippen molar-refractivity contribution < 1.29 is 9.18 Å². The summed E-state index contributed by atoms with van der Waals surface area (Å²) in [7, 11) is 0. The van der Waals surface area contributed by atoms with E-state index in [0.717, 1.165) is 17.4 Å². The molecule has 0 aromatic heterocycles. The first-order valence-electron chi connectivity index (χ1n) is 3.86. The number of aldehydes is 1. The SMILES string of the molecule is Cc1ccc(F)cc1C(C)C=O. The molecule has 0 aliphatic carbocycles. The first kappa shape index (κ1) is 8.91. The first-order valence-corrected chi connectivity index (χ1v) is 3.86. The van der Waals surface area contributed by atoms with Gasteiger partial charge in [-0.3, -0.25) is 0 Å². The summed E-state index contributed by atoms with van der Waals surface area (Å²) >= 11 is 0. The van der Waals surface area contributed by atoms with Crippen LogP contribution in [-0.4, -0.2) is 6.29 Å². The van der Waals surface area contributed by atoms with Crippen LogP contribution in [0.3, 0.4) is 0 Å². The zero-order valence-electron chi connectivity index (χ0n) is 7.17. The molecule has 0 N–H and O–H groups in total. The lowest BCUT2D eigenvalue weighted by atomic mass is 9.98. The van der Waals surface area contributed by atoms with Gasteiger partial charge in [0.05, 0.1) is 0 Å². The predicted molar refractivity (Wildman–Crippen MR) is 45.6 cm³/mol. The van der Waals surface area contributed by atoms with Crippen LogP contribution in [0.4, 0.5) is 4.39 Å². The van der Waals surface area contributed by atoms with Crippen LogP contribution >= 0.6 is 0 Å². The van der Waals surface area contributed by atoms with Gasteiger partial charge in [-0.1, -0.05) is 13.0 Å². The third-order valence-corrected chi connectivity index (χ3v) is 1.94. The average Bonchev–Trinajstić information content (AvgIpc) is 2.08. The number of hydrogen-bond acceptors (Lipinski definition) is 1. The summed E-state index contributed by atoms with van der Waals surface area (Å²) in [6, 6.07) is 4.50. The van der Waals surface area contributed by atoms with Crippen LogP contribution in [0, 0.1) is 12.7 Å². The van der Waals surface area contributed by atoms with Gasteiger partial charge in [0.2, 0.25) is 0 Å². The highest BCUT2D eigenvalue weighted by Crippen LogP contribution is 2.18. The fourth-order valence-corrected chi connectivity index (χ4v) is 1.18. The molecule has 0 saturated heterocycles. The van der Waals surface area contributed by atoms with Gasteiger partial charge in [0.1, 0.15) is 12.1 Å². The summed E-state index contributed by atoms with van der Waals surface area (Å²) in [5.41, 5.74) is 1.72. The third kappa shape index (κ3) is 1.70. The van der Waals surface area contributed by atoms with Crippen LogP contribution in [0.25, 0.3) is 0 Å². The van der Waals surface area contributed by atoms with Gasteiger partial charge in [-0.25, -0.2) is 4.39 Å². The van der Waals surface area contributed by atoms with E-state index in [9.17, 15) is 9.18 Å². The summed E-state index contributed by atoms with van der Waals surface area (Å²) in [6.07, 6.45) is 0.821. The Balaban J connectivity index is 3.12. The van der Waals surface area contributed by atoms with Gasteiger partial charge < -0.3 is 4.79 Å². The Bertz CT molecular complexity index is 294. The fourth-order valence-electron chi connectivity index (χ4n) is 1.18. The number of carbonyl (C=O) groups is 1. The highest BCUT2D eigenvalue weighted by molar-refractivity contribution is 5.62. The molecule has 0 fully saturated rings. The van der Waals surface area contributed by atoms with Crippen molar-refractivity contribution in [3.05, 3.63) is 35.1 Å². The number of benzene rings is 1. The molecule has 0 radical (unpaired) electrons. The number of aryl methyl sites for hydroxylation is 1. The maximum absolute atomic E-state index is 12.7. The van der Waals surface area contributed by atoms with Gasteiger partial charge in [-0.05, 0) is 30.2 Å². The van der Waals surface area contributed by atoms with E-state index in [-0.39, 0.29) is 11.7 Å². The number of halogens is 1. The molecule has 0 bridgehead atoms. The maximum atomic E-state index is 12.7. The summed E-state index contributed by atoms with van der Waals surface area (Å²) in [4.78, 5) is 10.4. The van der Waals surface area contributed by atoms with Gasteiger partial charge in [0, 0.05) is 5.92 Å². The second-order valence-corrected chi connectivity index (χ2v) is 2.93. The lowest BCUT2D eigenvalue weighted by molar-refractivity contribution is -0.108. The van der Waals surface area contributed by atoms with Crippen molar-refractivity contribution in [1.82, 2.24) is 0 Å². The van der Waals surface area contributed by atoms with Crippen molar-refractivity contribution >= 4 is 6.29 Å². The molecule has 0 heterocycles. The molecule has 1 atom stereocenters. The minimum atomic E-state index is -0.288. The molecule has 0 spiro atoms. The Morgan fingerprint density at radius 2 is 2.17 bits per heavy atom. The minimum Gasteiger partial charge on any atom is -0.303 e. The topological polar surface area (TPSA) is 17.1 Å². The molecule has 0 aliphatic rings. The van der Waals surface area contributed by atoms with Crippen LogP contribution < -0.4 is 0 Å². The van der Waals surface area contributed by atoms with E-state index in [1.807, 2.05) is 6.92 Å². The quantitative estimate of drug-likeness (QED) is 0.617. The fraction of sp³-hybridized carbons (Fsp3) is 0.300. The molecule has 1 unspecified atom stereocenters. The molecular formula is C10H11FO. The van der Waals surface area contributed by atoms with Crippen molar-refractivity contribution in [3.63, 3.8) is 0 Å². The molecule has 1 aromatic rings. The average molecular weight is 166 g/mol. The van der Waals surface area contributed by atoms with Crippen LogP contribution in [0.15, 0.2) is 18.2 Å². The Labute approximate surface area is 71.2 Å². The minimum absolute atomic E-state index is 0.222. The van der Waals surface area contributed by atoms with Gasteiger partial charge >= 0.3 is 0 Å². The van der Waals surface area contributed by atoms with Crippen molar-refractivity contribution in [2.75, 3.05) is 0 Å². The Hall–Kier alpha value is -1.18. The molecule has 64 valence electrons. The molecule has 12 heavy (non-hydrogen) atoms. The Morgan fingerprint density at radius 3 is 2.75 bits per heavy atom. The second-order valence-electron chi connectivity index (χ2n) is 2.93. The summed E-state index contributed by atoms with van der Waals surface area (Å²) < 4.78 is 12.7. The predicted octanol–water partition coefficient (Wildman–Crippen LogP) is 2.44. The van der Waals surface area contributed by atoms with Crippen molar-refractivity contribution in [1.29, 1.82) is 0 Å². The van der Waals surface area contributed by atoms with Crippen molar-refractivity contribution in [3.8, 4) is 0 Å². The van der Waals surface area contributed by atoms with Gasteiger partial charge in [0.15, 0.2) is 0 Å². The normalized spacial score (nSPS) is 12.6. The summed E-state index contributed by atoms with van der Waals surface area (Å²) in [5.74, 6) is -0.509. The highest BCUT2D eigenvalue weighted by Gasteiger charge is 2.07.